The number of hydrogen-bond acceptors (Lipinski definition) is 1. The molecule has 19 heavy (non-hydrogen) atoms. The van der Waals surface area contributed by atoms with Crippen molar-refractivity contribution >= 4 is 29.2 Å². The molecule has 2 nitrogen and oxygen atoms in total. The van der Waals surface area contributed by atoms with Crippen LogP contribution in [0.15, 0.2) is 36.4 Å². The average molecular weight is 295 g/mol. The van der Waals surface area contributed by atoms with E-state index in [0.717, 1.165) is 16.7 Å². The Morgan fingerprint density at radius 3 is 2.58 bits per heavy atom. The number of aryl methyl sites for hydroxylation is 1. The van der Waals surface area contributed by atoms with Gasteiger partial charge in [0.25, 0.3) is 0 Å². The van der Waals surface area contributed by atoms with Crippen molar-refractivity contribution < 1.29 is 9.90 Å². The third kappa shape index (κ3) is 3.09. The topological polar surface area (TPSA) is 37.3 Å². The van der Waals surface area contributed by atoms with Crippen molar-refractivity contribution in [3.63, 3.8) is 0 Å². The Morgan fingerprint density at radius 2 is 1.89 bits per heavy atom. The molecule has 0 saturated carbocycles. The lowest BCUT2D eigenvalue weighted by Gasteiger charge is -2.09. The fourth-order valence-corrected chi connectivity index (χ4v) is 2.35. The lowest BCUT2D eigenvalue weighted by Crippen LogP contribution is -2.04. The molecule has 0 atom stereocenters. The van der Waals surface area contributed by atoms with Gasteiger partial charge in [-0.25, -0.2) is 4.79 Å². The van der Waals surface area contributed by atoms with E-state index in [-0.39, 0.29) is 0 Å². The van der Waals surface area contributed by atoms with Crippen LogP contribution in [0.4, 0.5) is 0 Å². The molecule has 0 heterocycles. The van der Waals surface area contributed by atoms with Crippen LogP contribution in [-0.4, -0.2) is 11.1 Å². The molecule has 2 aromatic carbocycles. The largest absolute Gasteiger partial charge is 0.478 e. The lowest BCUT2D eigenvalue weighted by molar-refractivity contribution is 0.0696. The Morgan fingerprint density at radius 1 is 1.16 bits per heavy atom. The molecule has 0 radical (unpaired) electrons. The molecule has 0 fully saturated rings. The number of halogens is 2. The minimum atomic E-state index is -0.937. The number of aromatic carboxylic acids is 1. The Labute approximate surface area is 121 Å². The van der Waals surface area contributed by atoms with E-state index in [1.54, 1.807) is 24.3 Å². The minimum Gasteiger partial charge on any atom is -0.478 e. The molecule has 0 spiro atoms. The van der Waals surface area contributed by atoms with E-state index in [9.17, 15) is 9.90 Å². The Bertz CT molecular complexity index is 636. The molecule has 4 heteroatoms. The van der Waals surface area contributed by atoms with Crippen LogP contribution < -0.4 is 0 Å². The molecule has 0 aromatic heterocycles. The summed E-state index contributed by atoms with van der Waals surface area (Å²) in [5, 5.41) is 10.1. The zero-order chi connectivity index (χ0) is 14.0. The van der Waals surface area contributed by atoms with Crippen LogP contribution in [0.25, 0.3) is 0 Å². The van der Waals surface area contributed by atoms with Crippen LogP contribution in [0.1, 0.15) is 27.0 Å². The van der Waals surface area contributed by atoms with Gasteiger partial charge in [0.05, 0.1) is 15.6 Å². The Kier molecular flexibility index (Phi) is 4.13. The van der Waals surface area contributed by atoms with Gasteiger partial charge in [0.15, 0.2) is 0 Å². The summed E-state index contributed by atoms with van der Waals surface area (Å²) in [7, 11) is 0. The lowest BCUT2D eigenvalue weighted by atomic mass is 9.98. The first-order valence-corrected chi connectivity index (χ1v) is 6.50. The van der Waals surface area contributed by atoms with Gasteiger partial charge in [0, 0.05) is 0 Å². The second kappa shape index (κ2) is 5.64. The van der Waals surface area contributed by atoms with Crippen molar-refractivity contribution in [2.45, 2.75) is 13.3 Å². The predicted molar refractivity (Wildman–Crippen MR) is 77.4 cm³/mol. The number of carboxylic acid groups (broad SMARTS) is 1. The molecule has 1 N–H and O–H groups in total. The standard InChI is InChI=1S/C15H12Cl2O2/c1-9-5-6-12(15(18)19)11(7-9)8-10-3-2-4-13(16)14(10)17/h2-7H,8H2,1H3,(H,18,19). The van der Waals surface area contributed by atoms with E-state index in [1.807, 2.05) is 19.1 Å². The molecule has 0 aliphatic rings. The van der Waals surface area contributed by atoms with Crippen LogP contribution in [0.3, 0.4) is 0 Å². The van der Waals surface area contributed by atoms with E-state index < -0.39 is 5.97 Å². The van der Waals surface area contributed by atoms with E-state index in [2.05, 4.69) is 0 Å². The van der Waals surface area contributed by atoms with Crippen molar-refractivity contribution in [3.05, 3.63) is 68.7 Å². The van der Waals surface area contributed by atoms with Gasteiger partial charge in [-0.15, -0.1) is 0 Å². The van der Waals surface area contributed by atoms with Crippen LogP contribution >= 0.6 is 23.2 Å². The van der Waals surface area contributed by atoms with E-state index in [1.165, 1.54) is 0 Å². The van der Waals surface area contributed by atoms with E-state index in [4.69, 9.17) is 23.2 Å². The summed E-state index contributed by atoms with van der Waals surface area (Å²) in [5.74, 6) is -0.937. The molecule has 0 bridgehead atoms. The fourth-order valence-electron chi connectivity index (χ4n) is 1.97. The highest BCUT2D eigenvalue weighted by Gasteiger charge is 2.12. The highest BCUT2D eigenvalue weighted by molar-refractivity contribution is 6.42. The maximum Gasteiger partial charge on any atom is 0.335 e. The normalized spacial score (nSPS) is 10.5. The second-order valence-electron chi connectivity index (χ2n) is 4.36. The molecular weight excluding hydrogens is 283 g/mol. The Balaban J connectivity index is 2.45. The number of carboxylic acids is 1. The maximum atomic E-state index is 11.2. The minimum absolute atomic E-state index is 0.293. The van der Waals surface area contributed by atoms with Crippen molar-refractivity contribution in [3.8, 4) is 0 Å². The van der Waals surface area contributed by atoms with E-state index in [0.29, 0.717) is 22.0 Å². The zero-order valence-electron chi connectivity index (χ0n) is 10.3. The smallest absolute Gasteiger partial charge is 0.335 e. The maximum absolute atomic E-state index is 11.2. The first-order chi connectivity index (χ1) is 8.99. The molecule has 2 rings (SSSR count). The molecule has 0 saturated heterocycles. The summed E-state index contributed by atoms with van der Waals surface area (Å²) in [4.78, 5) is 11.2. The van der Waals surface area contributed by atoms with Gasteiger partial charge in [-0.05, 0) is 36.6 Å². The number of carbonyl (C=O) groups is 1. The fraction of sp³-hybridized carbons (Fsp3) is 0.133. The highest BCUT2D eigenvalue weighted by Crippen LogP contribution is 2.28. The van der Waals surface area contributed by atoms with Gasteiger partial charge >= 0.3 is 5.97 Å². The molecule has 98 valence electrons. The van der Waals surface area contributed by atoms with Gasteiger partial charge in [0.2, 0.25) is 0 Å². The van der Waals surface area contributed by atoms with Crippen molar-refractivity contribution in [2.75, 3.05) is 0 Å². The summed E-state index contributed by atoms with van der Waals surface area (Å²) >= 11 is 12.1. The number of benzene rings is 2. The molecular formula is C15H12Cl2O2. The molecule has 2 aromatic rings. The Hall–Kier alpha value is -1.51. The number of hydrogen-bond donors (Lipinski definition) is 1. The summed E-state index contributed by atoms with van der Waals surface area (Å²) < 4.78 is 0. The van der Waals surface area contributed by atoms with Crippen LogP contribution in [-0.2, 0) is 6.42 Å². The van der Waals surface area contributed by atoms with Gasteiger partial charge < -0.3 is 5.11 Å². The van der Waals surface area contributed by atoms with Crippen LogP contribution in [0.2, 0.25) is 10.0 Å². The average Bonchev–Trinajstić information content (AvgIpc) is 2.35. The zero-order valence-corrected chi connectivity index (χ0v) is 11.8. The van der Waals surface area contributed by atoms with Gasteiger partial charge in [-0.2, -0.15) is 0 Å². The second-order valence-corrected chi connectivity index (χ2v) is 5.14. The molecule has 0 amide bonds. The third-order valence-electron chi connectivity index (χ3n) is 2.90. The highest BCUT2D eigenvalue weighted by atomic mass is 35.5. The molecule has 0 unspecified atom stereocenters. The quantitative estimate of drug-likeness (QED) is 0.899. The van der Waals surface area contributed by atoms with Crippen molar-refractivity contribution in [1.82, 2.24) is 0 Å². The summed E-state index contributed by atoms with van der Waals surface area (Å²) in [5.41, 5.74) is 2.86. The molecule has 0 aliphatic carbocycles. The monoisotopic (exact) mass is 294 g/mol. The van der Waals surface area contributed by atoms with Crippen LogP contribution in [0.5, 0.6) is 0 Å². The van der Waals surface area contributed by atoms with Gasteiger partial charge in [-0.3, -0.25) is 0 Å². The summed E-state index contributed by atoms with van der Waals surface area (Å²) in [6, 6.07) is 10.6. The van der Waals surface area contributed by atoms with Crippen molar-refractivity contribution in [2.24, 2.45) is 0 Å². The number of rotatable bonds is 3. The third-order valence-corrected chi connectivity index (χ3v) is 3.76. The first-order valence-electron chi connectivity index (χ1n) is 5.74. The summed E-state index contributed by atoms with van der Waals surface area (Å²) in [6.07, 6.45) is 0.447. The predicted octanol–water partition coefficient (Wildman–Crippen LogP) is 4.59. The van der Waals surface area contributed by atoms with Gasteiger partial charge in [-0.1, -0.05) is 53.0 Å². The first kappa shape index (κ1) is 13.9. The summed E-state index contributed by atoms with van der Waals surface area (Å²) in [6.45, 7) is 1.93. The molecule has 0 aliphatic heterocycles. The SMILES string of the molecule is Cc1ccc(C(=O)O)c(Cc2cccc(Cl)c2Cl)c1. The van der Waals surface area contributed by atoms with Crippen molar-refractivity contribution in [1.29, 1.82) is 0 Å². The van der Waals surface area contributed by atoms with Crippen LogP contribution in [0, 0.1) is 6.92 Å². The van der Waals surface area contributed by atoms with Gasteiger partial charge in [0.1, 0.15) is 0 Å². The van der Waals surface area contributed by atoms with E-state index >= 15 is 0 Å².